The summed E-state index contributed by atoms with van der Waals surface area (Å²) < 4.78 is 0. The second-order valence-corrected chi connectivity index (χ2v) is 9.00. The van der Waals surface area contributed by atoms with Crippen LogP contribution in [-0.2, 0) is 18.6 Å². The number of aliphatic imine (C=N–C) groups is 1. The van der Waals surface area contributed by atoms with Gasteiger partial charge in [-0.1, -0.05) is 39.0 Å². The van der Waals surface area contributed by atoms with E-state index in [0.29, 0.717) is 5.13 Å². The van der Waals surface area contributed by atoms with Crippen molar-refractivity contribution >= 4 is 34.2 Å². The summed E-state index contributed by atoms with van der Waals surface area (Å²) in [4.78, 5) is 28.3. The second kappa shape index (κ2) is 12.6. The molecule has 160 valence electrons. The lowest BCUT2D eigenvalue weighted by molar-refractivity contribution is 0.604. The van der Waals surface area contributed by atoms with E-state index in [-0.39, 0.29) is 11.5 Å². The lowest BCUT2D eigenvalue weighted by Crippen LogP contribution is -2.21. The summed E-state index contributed by atoms with van der Waals surface area (Å²) in [6.07, 6.45) is 8.87. The van der Waals surface area contributed by atoms with Crippen LogP contribution in [0.3, 0.4) is 0 Å². The van der Waals surface area contributed by atoms with E-state index in [1.165, 1.54) is 43.4 Å². The molecule has 0 unspecified atom stereocenters. The maximum Gasteiger partial charge on any atom is 0.254 e. The lowest BCUT2D eigenvalue weighted by atomic mass is 10.0. The van der Waals surface area contributed by atoms with E-state index in [4.69, 9.17) is 11.5 Å². The topological polar surface area (TPSA) is 123 Å². The smallest absolute Gasteiger partial charge is 0.254 e. The number of hydrogen-bond acceptors (Lipinski definition) is 6. The molecule has 2 rings (SSSR count). The first-order valence-corrected chi connectivity index (χ1v) is 12.2. The van der Waals surface area contributed by atoms with Crippen LogP contribution in [0.2, 0.25) is 0 Å². The number of aromatic nitrogens is 3. The molecule has 0 atom stereocenters. The zero-order chi connectivity index (χ0) is 21.1. The van der Waals surface area contributed by atoms with Crippen molar-refractivity contribution in [2.24, 2.45) is 16.5 Å². The quantitative estimate of drug-likeness (QED) is 0.249. The van der Waals surface area contributed by atoms with E-state index in [0.717, 1.165) is 53.5 Å². The fraction of sp³-hybridized carbons (Fsp3) is 0.600. The number of thiazole rings is 1. The number of nitrogens with zero attached hydrogens (tertiary/aromatic N) is 3. The molecule has 0 amide bonds. The maximum atomic E-state index is 12.4. The SMILES string of the molecule is CCCCCCCCc1c(C)nc(CCSCc2csc(N=C(N)N)n2)[nH]c1=O. The third-order valence-corrected chi connectivity index (χ3v) is 6.33. The van der Waals surface area contributed by atoms with E-state index in [1.807, 2.05) is 12.3 Å². The summed E-state index contributed by atoms with van der Waals surface area (Å²) in [6, 6.07) is 0. The highest BCUT2D eigenvalue weighted by molar-refractivity contribution is 7.98. The Morgan fingerprint density at radius 1 is 1.17 bits per heavy atom. The minimum Gasteiger partial charge on any atom is -0.370 e. The number of H-pyrrole nitrogens is 1. The first-order valence-electron chi connectivity index (χ1n) is 10.2. The van der Waals surface area contributed by atoms with E-state index >= 15 is 0 Å². The molecule has 2 heterocycles. The van der Waals surface area contributed by atoms with Crippen LogP contribution in [0.15, 0.2) is 15.2 Å². The van der Waals surface area contributed by atoms with Gasteiger partial charge in [-0.3, -0.25) is 4.79 Å². The lowest BCUT2D eigenvalue weighted by Gasteiger charge is -2.07. The fourth-order valence-electron chi connectivity index (χ4n) is 3.03. The molecule has 0 fully saturated rings. The Morgan fingerprint density at radius 2 is 1.93 bits per heavy atom. The molecular formula is C20H32N6OS2. The fourth-order valence-corrected chi connectivity index (χ4v) is 4.68. The van der Waals surface area contributed by atoms with Crippen molar-refractivity contribution < 1.29 is 0 Å². The summed E-state index contributed by atoms with van der Waals surface area (Å²) in [5, 5.41) is 2.53. The predicted molar refractivity (Wildman–Crippen MR) is 124 cm³/mol. The van der Waals surface area contributed by atoms with Gasteiger partial charge in [0, 0.05) is 34.6 Å². The molecule has 9 heteroatoms. The molecule has 0 radical (unpaired) electrons. The number of nitrogens with two attached hydrogens (primary N) is 2. The number of aryl methyl sites for hydroxylation is 2. The number of rotatable bonds is 13. The van der Waals surface area contributed by atoms with Gasteiger partial charge in [0.15, 0.2) is 5.96 Å². The predicted octanol–water partition coefficient (Wildman–Crippen LogP) is 3.82. The highest BCUT2D eigenvalue weighted by Gasteiger charge is 2.09. The van der Waals surface area contributed by atoms with Crippen LogP contribution in [0.1, 0.15) is 68.2 Å². The first kappa shape index (κ1) is 23.4. The zero-order valence-electron chi connectivity index (χ0n) is 17.4. The Hall–Kier alpha value is -1.87. The van der Waals surface area contributed by atoms with Crippen LogP contribution in [0.5, 0.6) is 0 Å². The van der Waals surface area contributed by atoms with Gasteiger partial charge in [0.2, 0.25) is 5.13 Å². The number of guanidine groups is 1. The zero-order valence-corrected chi connectivity index (χ0v) is 19.0. The van der Waals surface area contributed by atoms with Crippen molar-refractivity contribution in [3.8, 4) is 0 Å². The van der Waals surface area contributed by atoms with E-state index in [9.17, 15) is 4.79 Å². The van der Waals surface area contributed by atoms with Crippen LogP contribution in [0.25, 0.3) is 0 Å². The Morgan fingerprint density at radius 3 is 2.66 bits per heavy atom. The molecule has 0 spiro atoms. The van der Waals surface area contributed by atoms with E-state index < -0.39 is 0 Å². The first-order chi connectivity index (χ1) is 14.0. The van der Waals surface area contributed by atoms with E-state index in [2.05, 4.69) is 26.9 Å². The van der Waals surface area contributed by atoms with Crippen LogP contribution < -0.4 is 17.0 Å². The van der Waals surface area contributed by atoms with Crippen molar-refractivity contribution in [3.63, 3.8) is 0 Å². The van der Waals surface area contributed by atoms with Gasteiger partial charge in [0.1, 0.15) is 5.82 Å². The minimum atomic E-state index is 0.0175. The second-order valence-electron chi connectivity index (χ2n) is 7.06. The highest BCUT2D eigenvalue weighted by Crippen LogP contribution is 2.22. The molecule has 0 saturated carbocycles. The molecule has 7 nitrogen and oxygen atoms in total. The highest BCUT2D eigenvalue weighted by atomic mass is 32.2. The molecule has 0 aliphatic heterocycles. The average Bonchev–Trinajstić information content (AvgIpc) is 3.10. The number of thioether (sulfide) groups is 1. The van der Waals surface area contributed by atoms with Crippen LogP contribution in [-0.4, -0.2) is 26.7 Å². The minimum absolute atomic E-state index is 0.0175. The van der Waals surface area contributed by atoms with Crippen LogP contribution >= 0.6 is 23.1 Å². The number of hydrogen-bond donors (Lipinski definition) is 3. The molecule has 0 aromatic carbocycles. The number of nitrogens with one attached hydrogen (secondary N) is 1. The third-order valence-electron chi connectivity index (χ3n) is 4.55. The molecule has 0 saturated heterocycles. The molecule has 29 heavy (non-hydrogen) atoms. The molecular weight excluding hydrogens is 404 g/mol. The monoisotopic (exact) mass is 436 g/mol. The molecule has 0 aliphatic carbocycles. The van der Waals surface area contributed by atoms with Crippen molar-refractivity contribution in [1.29, 1.82) is 0 Å². The standard InChI is InChI=1S/C20H32N6OS2/c1-3-4-5-6-7-8-9-16-14(2)23-17(25-18(16)27)10-11-28-12-15-13-29-20(24-15)26-19(21)22/h13H,3-12H2,1-2H3,(H,23,25,27)(H4,21,22,24,26). The van der Waals surface area contributed by atoms with Crippen LogP contribution in [0.4, 0.5) is 5.13 Å². The Kier molecular flexibility index (Phi) is 10.2. The summed E-state index contributed by atoms with van der Waals surface area (Å²) in [7, 11) is 0. The van der Waals surface area contributed by atoms with Crippen molar-refractivity contribution in [3.05, 3.63) is 38.5 Å². The number of unbranched alkanes of at least 4 members (excludes halogenated alkanes) is 5. The van der Waals surface area contributed by atoms with Gasteiger partial charge in [0.05, 0.1) is 5.69 Å². The molecule has 2 aromatic heterocycles. The molecule has 0 aliphatic rings. The largest absolute Gasteiger partial charge is 0.370 e. The van der Waals surface area contributed by atoms with Gasteiger partial charge < -0.3 is 16.5 Å². The van der Waals surface area contributed by atoms with Gasteiger partial charge in [-0.25, -0.2) is 9.97 Å². The summed E-state index contributed by atoms with van der Waals surface area (Å²) in [5.74, 6) is 2.40. The van der Waals surface area contributed by atoms with Gasteiger partial charge in [0.25, 0.3) is 5.56 Å². The molecule has 0 bridgehead atoms. The Labute approximate surface area is 180 Å². The van der Waals surface area contributed by atoms with Gasteiger partial charge in [-0.2, -0.15) is 16.8 Å². The Bertz CT molecular complexity index is 842. The van der Waals surface area contributed by atoms with Crippen LogP contribution in [0, 0.1) is 6.92 Å². The van der Waals surface area contributed by atoms with Gasteiger partial charge in [-0.05, 0) is 19.8 Å². The summed E-state index contributed by atoms with van der Waals surface area (Å²) >= 11 is 3.16. The Balaban J connectivity index is 1.76. The van der Waals surface area contributed by atoms with Crippen molar-refractivity contribution in [1.82, 2.24) is 15.0 Å². The van der Waals surface area contributed by atoms with Gasteiger partial charge >= 0.3 is 0 Å². The maximum absolute atomic E-state index is 12.4. The van der Waals surface area contributed by atoms with Crippen molar-refractivity contribution in [2.45, 2.75) is 71.0 Å². The van der Waals surface area contributed by atoms with E-state index in [1.54, 1.807) is 11.8 Å². The molecule has 5 N–H and O–H groups in total. The third kappa shape index (κ3) is 8.57. The summed E-state index contributed by atoms with van der Waals surface area (Å²) in [6.45, 7) is 4.16. The molecule has 2 aromatic rings. The normalized spacial score (nSPS) is 11.0. The summed E-state index contributed by atoms with van der Waals surface area (Å²) in [5.41, 5.74) is 13.4. The number of aromatic amines is 1. The average molecular weight is 437 g/mol. The van der Waals surface area contributed by atoms with Gasteiger partial charge in [-0.15, -0.1) is 11.3 Å². The van der Waals surface area contributed by atoms with Crippen molar-refractivity contribution in [2.75, 3.05) is 5.75 Å².